The van der Waals surface area contributed by atoms with Gasteiger partial charge in [0.1, 0.15) is 17.7 Å². The molecule has 4 N–H and O–H groups in total. The van der Waals surface area contributed by atoms with Crippen LogP contribution in [0, 0.1) is 0 Å². The van der Waals surface area contributed by atoms with Gasteiger partial charge in [0.25, 0.3) is 0 Å². The van der Waals surface area contributed by atoms with Crippen LogP contribution in [-0.2, 0) is 32.0 Å². The fourth-order valence-electron chi connectivity index (χ4n) is 4.62. The lowest BCUT2D eigenvalue weighted by Crippen LogP contribution is -2.53. The summed E-state index contributed by atoms with van der Waals surface area (Å²) in [7, 11) is 0. The Morgan fingerprint density at radius 1 is 0.698 bits per heavy atom. The van der Waals surface area contributed by atoms with Crippen LogP contribution in [0.2, 0.25) is 0 Å². The Bertz CT molecular complexity index is 1120. The second-order valence-electron chi connectivity index (χ2n) is 11.9. The third kappa shape index (κ3) is 16.4. The molecule has 0 spiro atoms. The van der Waals surface area contributed by atoms with E-state index in [0.29, 0.717) is 13.0 Å². The largest absolute Gasteiger partial charge is 0.480 e. The molecule has 0 heterocycles. The van der Waals surface area contributed by atoms with Crippen molar-refractivity contribution < 1.29 is 29.0 Å². The van der Waals surface area contributed by atoms with Gasteiger partial charge < -0.3 is 25.8 Å². The first-order valence-electron chi connectivity index (χ1n) is 15.4. The molecule has 0 radical (unpaired) electrons. The number of hydrogen-bond donors (Lipinski definition) is 4. The Morgan fingerprint density at radius 2 is 1.19 bits per heavy atom. The van der Waals surface area contributed by atoms with E-state index >= 15 is 0 Å². The summed E-state index contributed by atoms with van der Waals surface area (Å²) < 4.78 is 5.22. The number of carbonyl (C=O) groups excluding carboxylic acids is 3. The number of aliphatic carboxylic acids is 1. The zero-order valence-corrected chi connectivity index (χ0v) is 25.9. The fourth-order valence-corrected chi connectivity index (χ4v) is 4.62. The Balaban J connectivity index is 1.71. The number of carbonyl (C=O) groups is 4. The molecule has 2 aromatic rings. The Morgan fingerprint density at radius 3 is 1.70 bits per heavy atom. The van der Waals surface area contributed by atoms with Crippen LogP contribution in [0.5, 0.6) is 0 Å². The summed E-state index contributed by atoms with van der Waals surface area (Å²) in [5, 5.41) is 18.0. The first kappa shape index (κ1) is 35.3. The highest BCUT2D eigenvalue weighted by atomic mass is 16.6. The molecule has 0 bridgehead atoms. The van der Waals surface area contributed by atoms with Gasteiger partial charge in [-0.25, -0.2) is 9.59 Å². The number of unbranched alkanes of at least 4 members (excludes halogenated alkanes) is 7. The molecule has 0 unspecified atom stereocenters. The van der Waals surface area contributed by atoms with Crippen molar-refractivity contribution in [2.45, 2.75) is 109 Å². The summed E-state index contributed by atoms with van der Waals surface area (Å²) in [5.41, 5.74) is 1.19. The predicted octanol–water partition coefficient (Wildman–Crippen LogP) is 5.56. The molecule has 0 saturated carbocycles. The van der Waals surface area contributed by atoms with E-state index in [1.165, 1.54) is 0 Å². The zero-order valence-electron chi connectivity index (χ0n) is 25.9. The van der Waals surface area contributed by atoms with Crippen LogP contribution in [0.4, 0.5) is 4.79 Å². The van der Waals surface area contributed by atoms with Gasteiger partial charge in [0.05, 0.1) is 0 Å². The summed E-state index contributed by atoms with van der Waals surface area (Å²) >= 11 is 0. The smallest absolute Gasteiger partial charge is 0.407 e. The van der Waals surface area contributed by atoms with Gasteiger partial charge in [-0.05, 0) is 44.7 Å². The number of ether oxygens (including phenoxy) is 1. The van der Waals surface area contributed by atoms with Crippen LogP contribution in [0.3, 0.4) is 0 Å². The topological polar surface area (TPSA) is 134 Å². The van der Waals surface area contributed by atoms with E-state index in [0.717, 1.165) is 62.5 Å². The van der Waals surface area contributed by atoms with Crippen molar-refractivity contribution in [2.24, 2.45) is 0 Å². The molecular weight excluding hydrogens is 546 g/mol. The van der Waals surface area contributed by atoms with E-state index in [1.807, 2.05) is 81.4 Å². The van der Waals surface area contributed by atoms with Crippen molar-refractivity contribution in [3.63, 3.8) is 0 Å². The molecule has 3 amide bonds. The maximum atomic E-state index is 13.2. The molecule has 236 valence electrons. The minimum Gasteiger partial charge on any atom is -0.480 e. The maximum Gasteiger partial charge on any atom is 0.407 e. The number of carboxylic acid groups (broad SMARTS) is 1. The number of alkyl carbamates (subject to hydrolysis) is 1. The van der Waals surface area contributed by atoms with Crippen molar-refractivity contribution in [3.05, 3.63) is 71.8 Å². The van der Waals surface area contributed by atoms with Crippen molar-refractivity contribution >= 4 is 23.9 Å². The van der Waals surface area contributed by atoms with Gasteiger partial charge in [0.2, 0.25) is 11.8 Å². The van der Waals surface area contributed by atoms with Gasteiger partial charge in [-0.2, -0.15) is 0 Å². The Labute approximate surface area is 256 Å². The van der Waals surface area contributed by atoms with Crippen LogP contribution >= 0.6 is 0 Å². The van der Waals surface area contributed by atoms with Crippen molar-refractivity contribution in [2.75, 3.05) is 6.54 Å². The van der Waals surface area contributed by atoms with Crippen LogP contribution in [0.25, 0.3) is 0 Å². The van der Waals surface area contributed by atoms with Crippen molar-refractivity contribution in [1.29, 1.82) is 0 Å². The molecule has 9 heteroatoms. The Kier molecular flexibility index (Phi) is 15.9. The van der Waals surface area contributed by atoms with Crippen LogP contribution in [0.1, 0.15) is 89.7 Å². The van der Waals surface area contributed by atoms with Crippen LogP contribution in [0.15, 0.2) is 60.7 Å². The summed E-state index contributed by atoms with van der Waals surface area (Å²) in [6, 6.07) is 16.5. The summed E-state index contributed by atoms with van der Waals surface area (Å²) in [6.07, 6.45) is 8.24. The monoisotopic (exact) mass is 595 g/mol. The number of amides is 3. The summed E-state index contributed by atoms with van der Waals surface area (Å²) in [5.74, 6) is -1.86. The van der Waals surface area contributed by atoms with E-state index in [1.54, 1.807) is 0 Å². The van der Waals surface area contributed by atoms with Gasteiger partial charge >= 0.3 is 12.1 Å². The molecule has 0 fully saturated rings. The van der Waals surface area contributed by atoms with E-state index in [9.17, 15) is 24.3 Å². The van der Waals surface area contributed by atoms with Gasteiger partial charge in [0.15, 0.2) is 0 Å². The highest BCUT2D eigenvalue weighted by Crippen LogP contribution is 2.11. The van der Waals surface area contributed by atoms with E-state index in [4.69, 9.17) is 4.74 Å². The first-order valence-corrected chi connectivity index (χ1v) is 15.4. The number of benzene rings is 2. The number of nitrogens with one attached hydrogen (secondary N) is 3. The molecular formula is C34H49N3O6. The molecule has 0 saturated heterocycles. The third-order valence-electron chi connectivity index (χ3n) is 6.83. The van der Waals surface area contributed by atoms with E-state index in [2.05, 4.69) is 16.0 Å². The fraction of sp³-hybridized carbons (Fsp3) is 0.529. The summed E-state index contributed by atoms with van der Waals surface area (Å²) in [6.45, 7) is 6.13. The third-order valence-corrected chi connectivity index (χ3v) is 6.83. The average Bonchev–Trinajstić information content (AvgIpc) is 2.95. The second kappa shape index (κ2) is 19.3. The van der Waals surface area contributed by atoms with Gasteiger partial charge in [-0.1, -0.05) is 99.2 Å². The second-order valence-corrected chi connectivity index (χ2v) is 11.9. The van der Waals surface area contributed by atoms with Crippen LogP contribution in [-0.4, -0.2) is 53.2 Å². The van der Waals surface area contributed by atoms with E-state index < -0.39 is 29.6 Å². The lowest BCUT2D eigenvalue weighted by molar-refractivity contribution is -0.142. The zero-order chi connectivity index (χ0) is 31.5. The summed E-state index contributed by atoms with van der Waals surface area (Å²) in [4.78, 5) is 49.5. The Hall–Kier alpha value is -3.88. The van der Waals surface area contributed by atoms with Crippen LogP contribution < -0.4 is 16.0 Å². The molecule has 2 rings (SSSR count). The minimum atomic E-state index is -1.13. The molecule has 43 heavy (non-hydrogen) atoms. The molecule has 2 aromatic carbocycles. The average molecular weight is 596 g/mol. The molecule has 0 aliphatic carbocycles. The van der Waals surface area contributed by atoms with Crippen molar-refractivity contribution in [3.8, 4) is 0 Å². The SMILES string of the molecule is CC(C)(C)OC(=O)NCCCCCCCCCCC(=O)N[C@@H](Cc1ccccc1)C(=O)N[C@@H](Cc1ccccc1)C(=O)O. The van der Waals surface area contributed by atoms with Gasteiger partial charge in [-0.15, -0.1) is 0 Å². The van der Waals surface area contributed by atoms with Crippen molar-refractivity contribution in [1.82, 2.24) is 16.0 Å². The number of rotatable bonds is 19. The highest BCUT2D eigenvalue weighted by molar-refractivity contribution is 5.90. The maximum absolute atomic E-state index is 13.2. The predicted molar refractivity (Wildman–Crippen MR) is 168 cm³/mol. The van der Waals surface area contributed by atoms with Gasteiger partial charge in [0, 0.05) is 25.8 Å². The highest BCUT2D eigenvalue weighted by Gasteiger charge is 2.27. The lowest BCUT2D eigenvalue weighted by atomic mass is 10.0. The molecule has 0 aliphatic rings. The normalized spacial score (nSPS) is 12.5. The quantitative estimate of drug-likeness (QED) is 0.157. The molecule has 9 nitrogen and oxygen atoms in total. The number of hydrogen-bond acceptors (Lipinski definition) is 5. The molecule has 0 aliphatic heterocycles. The molecule has 0 aromatic heterocycles. The van der Waals surface area contributed by atoms with E-state index in [-0.39, 0.29) is 24.8 Å². The molecule has 2 atom stereocenters. The first-order chi connectivity index (χ1) is 20.5. The number of carboxylic acids is 1. The van der Waals surface area contributed by atoms with Gasteiger partial charge in [-0.3, -0.25) is 9.59 Å². The lowest BCUT2D eigenvalue weighted by Gasteiger charge is -2.22. The standard InChI is InChI=1S/C34H49N3O6/c1-34(2,3)43-33(42)35-23-17-9-7-5-4-6-8-16-22-30(38)36-28(24-26-18-12-10-13-19-26)31(39)37-29(32(40)41)25-27-20-14-11-15-21-27/h10-15,18-21,28-29H,4-9,16-17,22-25H2,1-3H3,(H,35,42)(H,36,38)(H,37,39)(H,40,41)/t28-,29-/m0/s1. The minimum absolute atomic E-state index is 0.150.